The fourth-order valence-electron chi connectivity index (χ4n) is 5.79. The van der Waals surface area contributed by atoms with Gasteiger partial charge in [-0.05, 0) is 41.6 Å². The van der Waals surface area contributed by atoms with Crippen molar-refractivity contribution < 1.29 is 23.7 Å². The Balaban J connectivity index is 1.52. The van der Waals surface area contributed by atoms with Crippen LogP contribution < -0.4 is 9.64 Å². The van der Waals surface area contributed by atoms with E-state index in [9.17, 15) is 14.6 Å². The number of aliphatic hydroxyl groups is 1. The molecule has 4 heterocycles. The molecule has 0 radical (unpaired) electrons. The van der Waals surface area contributed by atoms with E-state index in [1.807, 2.05) is 0 Å². The van der Waals surface area contributed by atoms with Crippen LogP contribution in [0.5, 0.6) is 11.8 Å². The van der Waals surface area contributed by atoms with Crippen LogP contribution in [0.4, 0.5) is 14.6 Å². The lowest BCUT2D eigenvalue weighted by atomic mass is 9.87. The molecule has 0 amide bonds. The van der Waals surface area contributed by atoms with Crippen molar-refractivity contribution >= 4 is 27.5 Å². The van der Waals surface area contributed by atoms with Crippen LogP contribution in [0.3, 0.4) is 0 Å². The molecule has 3 aliphatic heterocycles. The van der Waals surface area contributed by atoms with Crippen LogP contribution in [0.1, 0.15) is 12.0 Å². The Morgan fingerprint density at radius 1 is 1.11 bits per heavy atom. The number of aliphatic hydroxyl groups excluding tert-OH is 1. The van der Waals surface area contributed by atoms with Crippen LogP contribution in [0.2, 0.25) is 0 Å². The Hall–Kier alpha value is -4.00. The minimum Gasteiger partial charge on any atom is -0.508 e. The molecule has 4 aromatic rings. The van der Waals surface area contributed by atoms with Crippen LogP contribution in [0.15, 0.2) is 36.4 Å². The molecule has 0 aliphatic carbocycles. The van der Waals surface area contributed by atoms with Gasteiger partial charge in [0.2, 0.25) is 0 Å². The summed E-state index contributed by atoms with van der Waals surface area (Å²) in [5.74, 6) is 1.58. The highest BCUT2D eigenvalue weighted by Gasteiger charge is 2.44. The molecular formula is C28H24F2N4O3. The minimum absolute atomic E-state index is 0.00655. The SMILES string of the molecule is C#Cc1c(F)ccc2cc(O)cc(-c3ccc4c(N5CC6CC(C5)N6CCO)nc(OC)nc4c3F)c12. The fourth-order valence-corrected chi connectivity index (χ4v) is 5.79. The molecule has 37 heavy (non-hydrogen) atoms. The fraction of sp³-hybridized carbons (Fsp3) is 0.286. The molecule has 3 aliphatic rings. The number of methoxy groups -OCH3 is 1. The zero-order chi connectivity index (χ0) is 25.8. The molecule has 3 saturated heterocycles. The highest BCUT2D eigenvalue weighted by atomic mass is 19.1. The second-order valence-electron chi connectivity index (χ2n) is 9.43. The summed E-state index contributed by atoms with van der Waals surface area (Å²) in [5.41, 5.74) is 0.437. The molecular weight excluding hydrogens is 478 g/mol. The molecule has 2 N–H and O–H groups in total. The maximum absolute atomic E-state index is 16.2. The smallest absolute Gasteiger partial charge is 0.318 e. The summed E-state index contributed by atoms with van der Waals surface area (Å²) in [6.07, 6.45) is 6.66. The number of hydrogen-bond acceptors (Lipinski definition) is 7. The summed E-state index contributed by atoms with van der Waals surface area (Å²) in [4.78, 5) is 13.3. The normalized spacial score (nSPS) is 19.2. The van der Waals surface area contributed by atoms with E-state index in [2.05, 4.69) is 25.7 Å². The molecule has 2 unspecified atom stereocenters. The van der Waals surface area contributed by atoms with Crippen molar-refractivity contribution in [2.75, 3.05) is 38.3 Å². The van der Waals surface area contributed by atoms with Gasteiger partial charge in [-0.25, -0.2) is 8.78 Å². The number of hydrogen-bond donors (Lipinski definition) is 2. The van der Waals surface area contributed by atoms with Gasteiger partial charge in [0.05, 0.1) is 19.3 Å². The van der Waals surface area contributed by atoms with Crippen molar-refractivity contribution in [3.8, 4) is 35.2 Å². The molecule has 0 saturated carbocycles. The molecule has 2 atom stereocenters. The lowest BCUT2D eigenvalue weighted by Gasteiger charge is -2.56. The van der Waals surface area contributed by atoms with Gasteiger partial charge < -0.3 is 19.8 Å². The number of halogens is 2. The lowest BCUT2D eigenvalue weighted by Crippen LogP contribution is -2.69. The van der Waals surface area contributed by atoms with Gasteiger partial charge in [-0.2, -0.15) is 9.97 Å². The van der Waals surface area contributed by atoms with Gasteiger partial charge in [0, 0.05) is 48.1 Å². The van der Waals surface area contributed by atoms with Gasteiger partial charge >= 0.3 is 6.01 Å². The van der Waals surface area contributed by atoms with Crippen molar-refractivity contribution in [2.24, 2.45) is 0 Å². The second-order valence-corrected chi connectivity index (χ2v) is 9.43. The summed E-state index contributed by atoms with van der Waals surface area (Å²) >= 11 is 0. The standard InChI is InChI=1S/C28H24F2N4O3/c1-3-19-23(29)7-4-15-10-18(36)12-22(24(15)19)20-5-6-21-26(25(20)30)31-28(37-2)32-27(21)33-13-16-11-17(14-33)34(16)8-9-35/h1,4-7,10,12,16-17,35-36H,8-9,11,13-14H2,2H3. The van der Waals surface area contributed by atoms with E-state index in [0.29, 0.717) is 53.7 Å². The first-order valence-electron chi connectivity index (χ1n) is 12.0. The van der Waals surface area contributed by atoms with Crippen LogP contribution in [-0.2, 0) is 0 Å². The Bertz CT molecular complexity index is 1590. The first-order valence-corrected chi connectivity index (χ1v) is 12.0. The van der Waals surface area contributed by atoms with Gasteiger partial charge in [0.25, 0.3) is 0 Å². The number of nitrogens with zero attached hydrogens (tertiary/aromatic N) is 4. The Morgan fingerprint density at radius 2 is 1.89 bits per heavy atom. The molecule has 3 fully saturated rings. The average molecular weight is 503 g/mol. The summed E-state index contributed by atoms with van der Waals surface area (Å²) in [7, 11) is 1.42. The zero-order valence-electron chi connectivity index (χ0n) is 20.1. The largest absolute Gasteiger partial charge is 0.508 e. The van der Waals surface area contributed by atoms with Gasteiger partial charge in [-0.3, -0.25) is 4.90 Å². The molecule has 0 spiro atoms. The lowest BCUT2D eigenvalue weighted by molar-refractivity contribution is -0.0123. The number of aromatic nitrogens is 2. The number of benzene rings is 3. The van der Waals surface area contributed by atoms with Gasteiger partial charge in [-0.1, -0.05) is 18.1 Å². The second kappa shape index (κ2) is 8.83. The predicted molar refractivity (Wildman–Crippen MR) is 137 cm³/mol. The van der Waals surface area contributed by atoms with Crippen molar-refractivity contribution in [3.63, 3.8) is 0 Å². The van der Waals surface area contributed by atoms with Crippen LogP contribution >= 0.6 is 0 Å². The number of terminal acetylenes is 1. The molecule has 9 heteroatoms. The summed E-state index contributed by atoms with van der Waals surface area (Å²) in [6.45, 7) is 2.13. The Kier molecular flexibility index (Phi) is 5.59. The van der Waals surface area contributed by atoms with E-state index in [0.717, 1.165) is 6.42 Å². The monoisotopic (exact) mass is 502 g/mol. The quantitative estimate of drug-likeness (QED) is 0.403. The van der Waals surface area contributed by atoms with E-state index in [1.165, 1.54) is 31.4 Å². The Morgan fingerprint density at radius 3 is 2.59 bits per heavy atom. The topological polar surface area (TPSA) is 82.0 Å². The maximum Gasteiger partial charge on any atom is 0.318 e. The number of piperidine rings is 1. The number of fused-ring (bicyclic) bond motifs is 4. The van der Waals surface area contributed by atoms with E-state index in [-0.39, 0.29) is 40.6 Å². The number of rotatable bonds is 5. The van der Waals surface area contributed by atoms with E-state index < -0.39 is 11.6 Å². The van der Waals surface area contributed by atoms with E-state index in [4.69, 9.17) is 11.2 Å². The first-order chi connectivity index (χ1) is 17.9. The first kappa shape index (κ1) is 23.4. The van der Waals surface area contributed by atoms with Crippen molar-refractivity contribution in [1.82, 2.24) is 14.9 Å². The highest BCUT2D eigenvalue weighted by molar-refractivity contribution is 6.04. The number of phenolic OH excluding ortho intramolecular Hbond substituents is 1. The predicted octanol–water partition coefficient (Wildman–Crippen LogP) is 3.68. The van der Waals surface area contributed by atoms with E-state index in [1.54, 1.807) is 12.1 Å². The highest BCUT2D eigenvalue weighted by Crippen LogP contribution is 2.41. The van der Waals surface area contributed by atoms with Crippen molar-refractivity contribution in [3.05, 3.63) is 53.6 Å². The van der Waals surface area contributed by atoms with Crippen LogP contribution in [0, 0.1) is 24.0 Å². The van der Waals surface area contributed by atoms with Crippen LogP contribution in [-0.4, -0.2) is 70.5 Å². The van der Waals surface area contributed by atoms with Crippen molar-refractivity contribution in [2.45, 2.75) is 18.5 Å². The third-order valence-corrected chi connectivity index (χ3v) is 7.44. The third-order valence-electron chi connectivity index (χ3n) is 7.44. The number of anilines is 1. The number of ether oxygens (including phenoxy) is 1. The molecule has 7 nitrogen and oxygen atoms in total. The maximum atomic E-state index is 16.2. The van der Waals surface area contributed by atoms with Crippen LogP contribution in [0.25, 0.3) is 32.8 Å². The zero-order valence-corrected chi connectivity index (χ0v) is 20.1. The Labute approximate surface area is 211 Å². The number of phenols is 1. The molecule has 188 valence electrons. The summed E-state index contributed by atoms with van der Waals surface area (Å²) < 4.78 is 36.1. The summed E-state index contributed by atoms with van der Waals surface area (Å²) in [6, 6.07) is 9.50. The molecule has 3 aromatic carbocycles. The van der Waals surface area contributed by atoms with E-state index >= 15 is 4.39 Å². The average Bonchev–Trinajstić information content (AvgIpc) is 2.91. The molecule has 7 rings (SSSR count). The van der Waals surface area contributed by atoms with Gasteiger partial charge in [-0.15, -0.1) is 6.42 Å². The van der Waals surface area contributed by atoms with Gasteiger partial charge in [0.15, 0.2) is 5.82 Å². The summed E-state index contributed by atoms with van der Waals surface area (Å²) in [5, 5.41) is 21.0. The molecule has 2 bridgehead atoms. The van der Waals surface area contributed by atoms with Gasteiger partial charge in [0.1, 0.15) is 22.9 Å². The van der Waals surface area contributed by atoms with Crippen molar-refractivity contribution in [1.29, 1.82) is 0 Å². The molecule has 1 aromatic heterocycles. The third kappa shape index (κ3) is 3.64. The minimum atomic E-state index is -0.650. The number of piperazine rings is 1. The number of aromatic hydroxyl groups is 1.